The predicted octanol–water partition coefficient (Wildman–Crippen LogP) is 4.14. The van der Waals surface area contributed by atoms with Gasteiger partial charge in [-0.15, -0.1) is 0 Å². The van der Waals surface area contributed by atoms with E-state index in [1.165, 1.54) is 0 Å². The van der Waals surface area contributed by atoms with E-state index in [1.807, 2.05) is 65.8 Å². The Bertz CT molecular complexity index is 634. The molecule has 25 heavy (non-hydrogen) atoms. The second kappa shape index (κ2) is 7.46. The van der Waals surface area contributed by atoms with Crippen molar-refractivity contribution in [3.05, 3.63) is 29.8 Å². The lowest BCUT2D eigenvalue weighted by molar-refractivity contribution is -0.123. The van der Waals surface area contributed by atoms with Gasteiger partial charge >= 0.3 is 6.09 Å². The predicted molar refractivity (Wildman–Crippen MR) is 99.8 cm³/mol. The zero-order valence-electron chi connectivity index (χ0n) is 16.2. The molecule has 1 fully saturated rings. The molecule has 0 aliphatic carbocycles. The topological polar surface area (TPSA) is 49.9 Å². The molecule has 1 aliphatic rings. The molecule has 0 aromatic heterocycles. The molecular weight excluding hydrogens is 316 g/mol. The zero-order valence-corrected chi connectivity index (χ0v) is 16.2. The van der Waals surface area contributed by atoms with Gasteiger partial charge < -0.3 is 9.64 Å². The lowest BCUT2D eigenvalue weighted by atomic mass is 10.1. The third-order valence-corrected chi connectivity index (χ3v) is 4.20. The van der Waals surface area contributed by atoms with Crippen molar-refractivity contribution in [3.63, 3.8) is 0 Å². The number of rotatable bonds is 3. The van der Waals surface area contributed by atoms with Crippen LogP contribution in [0.1, 0.15) is 53.0 Å². The van der Waals surface area contributed by atoms with E-state index in [0.717, 1.165) is 17.7 Å². The number of nitrogens with zero attached hydrogens (tertiary/aromatic N) is 2. The van der Waals surface area contributed by atoms with Crippen molar-refractivity contribution in [3.8, 4) is 0 Å². The smallest absolute Gasteiger partial charge is 0.410 e. The average Bonchev–Trinajstić information content (AvgIpc) is 2.94. The highest BCUT2D eigenvalue weighted by Crippen LogP contribution is 2.26. The molecule has 1 saturated heterocycles. The summed E-state index contributed by atoms with van der Waals surface area (Å²) in [5.74, 6) is -0.0380. The number of ether oxygens (including phenoxy) is 1. The minimum atomic E-state index is -0.568. The minimum absolute atomic E-state index is 0.00962. The number of carbonyl (C=O) groups excluding carboxylic acids is 2. The quantitative estimate of drug-likeness (QED) is 0.826. The van der Waals surface area contributed by atoms with Crippen LogP contribution >= 0.6 is 0 Å². The summed E-state index contributed by atoms with van der Waals surface area (Å²) < 4.78 is 5.48. The first-order valence-electron chi connectivity index (χ1n) is 8.99. The fourth-order valence-electron chi connectivity index (χ4n) is 3.18. The maximum absolute atomic E-state index is 13.3. The Morgan fingerprint density at radius 2 is 1.96 bits per heavy atom. The van der Waals surface area contributed by atoms with Crippen LogP contribution in [-0.2, 0) is 9.53 Å². The summed E-state index contributed by atoms with van der Waals surface area (Å²) in [6.07, 6.45) is 1.08. The Hall–Kier alpha value is -2.04. The second-order valence-electron chi connectivity index (χ2n) is 7.97. The van der Waals surface area contributed by atoms with Crippen molar-refractivity contribution in [2.75, 3.05) is 11.4 Å². The van der Waals surface area contributed by atoms with Gasteiger partial charge in [-0.1, -0.05) is 12.1 Å². The van der Waals surface area contributed by atoms with E-state index < -0.39 is 17.7 Å². The van der Waals surface area contributed by atoms with Crippen molar-refractivity contribution in [2.24, 2.45) is 0 Å². The van der Waals surface area contributed by atoms with Crippen LogP contribution in [0, 0.1) is 6.92 Å². The fourth-order valence-corrected chi connectivity index (χ4v) is 3.18. The van der Waals surface area contributed by atoms with E-state index in [9.17, 15) is 9.59 Å². The lowest BCUT2D eigenvalue weighted by Gasteiger charge is -2.34. The highest BCUT2D eigenvalue weighted by Gasteiger charge is 2.39. The molecule has 1 aromatic carbocycles. The van der Waals surface area contributed by atoms with Crippen LogP contribution in [0.3, 0.4) is 0 Å². The number of carbonyl (C=O) groups is 2. The van der Waals surface area contributed by atoms with E-state index in [-0.39, 0.29) is 11.9 Å². The third-order valence-electron chi connectivity index (χ3n) is 4.20. The summed E-state index contributed by atoms with van der Waals surface area (Å²) in [6.45, 7) is 12.1. The molecule has 1 aromatic rings. The molecule has 0 unspecified atom stereocenters. The third kappa shape index (κ3) is 4.74. The van der Waals surface area contributed by atoms with Gasteiger partial charge in [0.25, 0.3) is 0 Å². The number of likely N-dealkylation sites (tertiary alicyclic amines) is 1. The largest absolute Gasteiger partial charge is 0.444 e. The van der Waals surface area contributed by atoms with Gasteiger partial charge in [-0.25, -0.2) is 4.79 Å². The first kappa shape index (κ1) is 19.3. The molecule has 0 bridgehead atoms. The summed E-state index contributed by atoms with van der Waals surface area (Å²) in [6, 6.07) is 7.46. The van der Waals surface area contributed by atoms with Crippen molar-refractivity contribution >= 4 is 17.7 Å². The van der Waals surface area contributed by atoms with Gasteiger partial charge in [0.1, 0.15) is 11.6 Å². The normalized spacial score (nSPS) is 17.7. The molecular formula is C20H30N2O3. The summed E-state index contributed by atoms with van der Waals surface area (Å²) >= 11 is 0. The van der Waals surface area contributed by atoms with E-state index in [2.05, 4.69) is 0 Å². The van der Waals surface area contributed by atoms with Crippen LogP contribution in [-0.4, -0.2) is 41.1 Å². The Kier molecular flexibility index (Phi) is 5.76. The van der Waals surface area contributed by atoms with Crippen LogP contribution in [0.5, 0.6) is 0 Å². The van der Waals surface area contributed by atoms with Crippen LogP contribution in [0.15, 0.2) is 24.3 Å². The average molecular weight is 346 g/mol. The Labute approximate surface area is 150 Å². The Morgan fingerprint density at radius 1 is 1.28 bits per heavy atom. The molecule has 5 heteroatoms. The van der Waals surface area contributed by atoms with E-state index in [0.29, 0.717) is 13.0 Å². The van der Waals surface area contributed by atoms with Gasteiger partial charge in [0.05, 0.1) is 0 Å². The van der Waals surface area contributed by atoms with Gasteiger partial charge in [0.15, 0.2) is 0 Å². The second-order valence-corrected chi connectivity index (χ2v) is 7.97. The number of hydrogen-bond donors (Lipinski definition) is 0. The molecule has 1 aliphatic heterocycles. The SMILES string of the molecule is Cc1cccc(N(C(=O)[C@@H]2CCCN2C(=O)OC(C)(C)C)C(C)C)c1. The van der Waals surface area contributed by atoms with Gasteiger partial charge in [-0.05, 0) is 72.1 Å². The molecule has 0 radical (unpaired) electrons. The number of anilines is 1. The maximum atomic E-state index is 13.3. The van der Waals surface area contributed by atoms with E-state index in [1.54, 1.807) is 9.80 Å². The highest BCUT2D eigenvalue weighted by atomic mass is 16.6. The van der Waals surface area contributed by atoms with Crippen LogP contribution in [0.25, 0.3) is 0 Å². The van der Waals surface area contributed by atoms with Gasteiger partial charge in [-0.2, -0.15) is 0 Å². The standard InChI is InChI=1S/C20H30N2O3/c1-14(2)22(16-10-7-9-15(3)13-16)18(23)17-11-8-12-21(17)19(24)25-20(4,5)6/h7,9-10,13-14,17H,8,11-12H2,1-6H3/t17-/m0/s1. The molecule has 0 N–H and O–H groups in total. The van der Waals surface area contributed by atoms with Gasteiger partial charge in [0, 0.05) is 18.3 Å². The monoisotopic (exact) mass is 346 g/mol. The molecule has 1 heterocycles. The van der Waals surface area contributed by atoms with Crippen LogP contribution in [0.4, 0.5) is 10.5 Å². The molecule has 2 amide bonds. The van der Waals surface area contributed by atoms with Crippen molar-refractivity contribution in [2.45, 2.75) is 72.1 Å². The zero-order chi connectivity index (χ0) is 18.8. The molecule has 1 atom stereocenters. The molecule has 2 rings (SSSR count). The van der Waals surface area contributed by atoms with Crippen molar-refractivity contribution in [1.29, 1.82) is 0 Å². The Morgan fingerprint density at radius 3 is 2.52 bits per heavy atom. The summed E-state index contributed by atoms with van der Waals surface area (Å²) in [5, 5.41) is 0. The molecule has 0 saturated carbocycles. The fraction of sp³-hybridized carbons (Fsp3) is 0.600. The molecule has 5 nitrogen and oxygen atoms in total. The summed E-state index contributed by atoms with van der Waals surface area (Å²) in [7, 11) is 0. The van der Waals surface area contributed by atoms with Crippen molar-refractivity contribution < 1.29 is 14.3 Å². The number of hydrogen-bond acceptors (Lipinski definition) is 3. The highest BCUT2D eigenvalue weighted by molar-refractivity contribution is 5.99. The lowest BCUT2D eigenvalue weighted by Crippen LogP contribution is -2.51. The van der Waals surface area contributed by atoms with Gasteiger partial charge in [-0.3, -0.25) is 9.69 Å². The number of amides is 2. The van der Waals surface area contributed by atoms with Crippen LogP contribution in [0.2, 0.25) is 0 Å². The number of benzene rings is 1. The molecule has 138 valence electrons. The summed E-state index contributed by atoms with van der Waals surface area (Å²) in [5.41, 5.74) is 1.41. The summed E-state index contributed by atoms with van der Waals surface area (Å²) in [4.78, 5) is 29.1. The first-order valence-corrected chi connectivity index (χ1v) is 8.99. The van der Waals surface area contributed by atoms with Gasteiger partial charge in [0.2, 0.25) is 5.91 Å². The number of aryl methyl sites for hydroxylation is 1. The Balaban J connectivity index is 2.24. The van der Waals surface area contributed by atoms with E-state index >= 15 is 0 Å². The molecule has 0 spiro atoms. The van der Waals surface area contributed by atoms with Crippen molar-refractivity contribution in [1.82, 2.24) is 4.90 Å². The van der Waals surface area contributed by atoms with Crippen LogP contribution < -0.4 is 4.90 Å². The maximum Gasteiger partial charge on any atom is 0.410 e. The van der Waals surface area contributed by atoms with E-state index in [4.69, 9.17) is 4.74 Å². The first-order chi connectivity index (χ1) is 11.6. The minimum Gasteiger partial charge on any atom is -0.444 e.